The SMILES string of the molecule is COc1ccc(C(C)(C#N)N2CCOCC2)c(OC)c1. The third kappa shape index (κ3) is 2.58. The molecule has 1 aromatic rings. The van der Waals surface area contributed by atoms with Crippen molar-refractivity contribution in [1.29, 1.82) is 5.26 Å². The summed E-state index contributed by atoms with van der Waals surface area (Å²) in [7, 11) is 3.22. The Morgan fingerprint density at radius 3 is 2.50 bits per heavy atom. The van der Waals surface area contributed by atoms with Crippen LogP contribution in [0.25, 0.3) is 0 Å². The van der Waals surface area contributed by atoms with Crippen molar-refractivity contribution in [3.8, 4) is 17.6 Å². The van der Waals surface area contributed by atoms with E-state index >= 15 is 0 Å². The van der Waals surface area contributed by atoms with Crippen LogP contribution in [0.15, 0.2) is 18.2 Å². The summed E-state index contributed by atoms with van der Waals surface area (Å²) in [5.41, 5.74) is 0.117. The molecule has 1 unspecified atom stereocenters. The van der Waals surface area contributed by atoms with Crippen LogP contribution in [0, 0.1) is 11.3 Å². The van der Waals surface area contributed by atoms with Crippen LogP contribution in [-0.4, -0.2) is 45.4 Å². The maximum Gasteiger partial charge on any atom is 0.135 e. The number of hydrogen-bond donors (Lipinski definition) is 0. The van der Waals surface area contributed by atoms with E-state index in [0.29, 0.717) is 24.7 Å². The van der Waals surface area contributed by atoms with Crippen molar-refractivity contribution in [3.63, 3.8) is 0 Å². The van der Waals surface area contributed by atoms with Gasteiger partial charge in [-0.05, 0) is 19.1 Å². The lowest BCUT2D eigenvalue weighted by atomic mass is 9.90. The number of nitriles is 1. The van der Waals surface area contributed by atoms with Gasteiger partial charge in [0.25, 0.3) is 0 Å². The summed E-state index contributed by atoms with van der Waals surface area (Å²) >= 11 is 0. The number of hydrogen-bond acceptors (Lipinski definition) is 5. The van der Waals surface area contributed by atoms with E-state index in [1.54, 1.807) is 14.2 Å². The Balaban J connectivity index is 2.42. The topological polar surface area (TPSA) is 54.7 Å². The van der Waals surface area contributed by atoms with Gasteiger partial charge in [-0.2, -0.15) is 5.26 Å². The Morgan fingerprint density at radius 2 is 1.95 bits per heavy atom. The lowest BCUT2D eigenvalue weighted by Crippen LogP contribution is -2.49. The monoisotopic (exact) mass is 276 g/mol. The first-order chi connectivity index (χ1) is 9.65. The maximum absolute atomic E-state index is 9.72. The number of nitrogens with zero attached hydrogens (tertiary/aromatic N) is 2. The van der Waals surface area contributed by atoms with Crippen LogP contribution in [0.2, 0.25) is 0 Å². The highest BCUT2D eigenvalue weighted by molar-refractivity contribution is 5.47. The Labute approximate surface area is 119 Å². The molecule has 0 N–H and O–H groups in total. The fourth-order valence-corrected chi connectivity index (χ4v) is 2.51. The molecule has 0 radical (unpaired) electrons. The molecular formula is C15H20N2O3. The minimum Gasteiger partial charge on any atom is -0.497 e. The second kappa shape index (κ2) is 6.12. The highest BCUT2D eigenvalue weighted by Crippen LogP contribution is 2.37. The van der Waals surface area contributed by atoms with Crippen LogP contribution in [0.1, 0.15) is 12.5 Å². The average molecular weight is 276 g/mol. The number of ether oxygens (including phenoxy) is 3. The van der Waals surface area contributed by atoms with E-state index in [1.807, 2.05) is 25.1 Å². The Bertz CT molecular complexity index is 506. The highest BCUT2D eigenvalue weighted by atomic mass is 16.5. The molecule has 1 aliphatic heterocycles. The molecule has 1 aromatic carbocycles. The third-order valence-corrected chi connectivity index (χ3v) is 3.79. The Kier molecular flexibility index (Phi) is 4.48. The quantitative estimate of drug-likeness (QED) is 0.839. The van der Waals surface area contributed by atoms with Gasteiger partial charge in [-0.1, -0.05) is 0 Å². The first kappa shape index (κ1) is 14.6. The molecule has 0 aromatic heterocycles. The predicted octanol–water partition coefficient (Wildman–Crippen LogP) is 1.77. The predicted molar refractivity (Wildman–Crippen MR) is 74.9 cm³/mol. The molecule has 0 spiro atoms. The van der Waals surface area contributed by atoms with Crippen LogP contribution in [0.3, 0.4) is 0 Å². The molecule has 1 saturated heterocycles. The summed E-state index contributed by atoms with van der Waals surface area (Å²) in [6, 6.07) is 7.99. The normalized spacial score (nSPS) is 18.9. The number of methoxy groups -OCH3 is 2. The lowest BCUT2D eigenvalue weighted by Gasteiger charge is -2.39. The molecule has 1 atom stereocenters. The van der Waals surface area contributed by atoms with E-state index in [-0.39, 0.29) is 0 Å². The largest absolute Gasteiger partial charge is 0.497 e. The Morgan fingerprint density at radius 1 is 1.25 bits per heavy atom. The van der Waals surface area contributed by atoms with Crippen molar-refractivity contribution in [2.24, 2.45) is 0 Å². The fourth-order valence-electron chi connectivity index (χ4n) is 2.51. The van der Waals surface area contributed by atoms with Gasteiger partial charge in [0, 0.05) is 24.7 Å². The molecule has 5 heteroatoms. The first-order valence-corrected chi connectivity index (χ1v) is 6.62. The van der Waals surface area contributed by atoms with E-state index < -0.39 is 5.54 Å². The summed E-state index contributed by atoms with van der Waals surface area (Å²) in [6.45, 7) is 4.69. The molecular weight excluding hydrogens is 256 g/mol. The number of benzene rings is 1. The zero-order chi connectivity index (χ0) is 14.6. The summed E-state index contributed by atoms with van der Waals surface area (Å²) in [6.07, 6.45) is 0. The van der Waals surface area contributed by atoms with Crippen LogP contribution in [0.4, 0.5) is 0 Å². The van der Waals surface area contributed by atoms with Gasteiger partial charge in [0.2, 0.25) is 0 Å². The minimum absolute atomic E-state index is 0.649. The van der Waals surface area contributed by atoms with E-state index in [1.165, 1.54) is 0 Å². The second-order valence-corrected chi connectivity index (χ2v) is 4.85. The van der Waals surface area contributed by atoms with Crippen molar-refractivity contribution in [2.45, 2.75) is 12.5 Å². The fraction of sp³-hybridized carbons (Fsp3) is 0.533. The second-order valence-electron chi connectivity index (χ2n) is 4.85. The van der Waals surface area contributed by atoms with Crippen LogP contribution < -0.4 is 9.47 Å². The zero-order valence-corrected chi connectivity index (χ0v) is 12.2. The van der Waals surface area contributed by atoms with Gasteiger partial charge in [0.05, 0.1) is 33.5 Å². The summed E-state index contributed by atoms with van der Waals surface area (Å²) in [4.78, 5) is 2.13. The van der Waals surface area contributed by atoms with Gasteiger partial charge in [-0.3, -0.25) is 4.90 Å². The molecule has 2 rings (SSSR count). The molecule has 108 valence electrons. The van der Waals surface area contributed by atoms with Gasteiger partial charge in [0.15, 0.2) is 0 Å². The van der Waals surface area contributed by atoms with Crippen molar-refractivity contribution < 1.29 is 14.2 Å². The Hall–Kier alpha value is -1.77. The molecule has 0 saturated carbocycles. The van der Waals surface area contributed by atoms with Crippen molar-refractivity contribution in [2.75, 3.05) is 40.5 Å². The van der Waals surface area contributed by atoms with Crippen LogP contribution in [-0.2, 0) is 10.3 Å². The molecule has 1 fully saturated rings. The van der Waals surface area contributed by atoms with Crippen LogP contribution in [0.5, 0.6) is 11.5 Å². The van der Waals surface area contributed by atoms with E-state index in [0.717, 1.165) is 18.7 Å². The summed E-state index contributed by atoms with van der Waals surface area (Å²) < 4.78 is 16.0. The molecule has 1 heterocycles. The average Bonchev–Trinajstić information content (AvgIpc) is 2.54. The van der Waals surface area contributed by atoms with Crippen molar-refractivity contribution in [3.05, 3.63) is 23.8 Å². The third-order valence-electron chi connectivity index (χ3n) is 3.79. The van der Waals surface area contributed by atoms with Crippen molar-refractivity contribution >= 4 is 0 Å². The lowest BCUT2D eigenvalue weighted by molar-refractivity contribution is -0.000165. The van der Waals surface area contributed by atoms with E-state index in [2.05, 4.69) is 11.0 Å². The molecule has 20 heavy (non-hydrogen) atoms. The number of morpholine rings is 1. The van der Waals surface area contributed by atoms with Crippen molar-refractivity contribution in [1.82, 2.24) is 4.90 Å². The van der Waals surface area contributed by atoms with Gasteiger partial charge < -0.3 is 14.2 Å². The maximum atomic E-state index is 9.72. The van der Waals surface area contributed by atoms with E-state index in [4.69, 9.17) is 14.2 Å². The molecule has 0 amide bonds. The van der Waals surface area contributed by atoms with Gasteiger partial charge in [-0.25, -0.2) is 0 Å². The number of rotatable bonds is 4. The zero-order valence-electron chi connectivity index (χ0n) is 12.2. The first-order valence-electron chi connectivity index (χ1n) is 6.62. The molecule has 0 bridgehead atoms. The standard InChI is InChI=1S/C15H20N2O3/c1-15(11-16,17-6-8-20-9-7-17)13-5-4-12(18-2)10-14(13)19-3/h4-5,10H,6-9H2,1-3H3. The molecule has 5 nitrogen and oxygen atoms in total. The smallest absolute Gasteiger partial charge is 0.135 e. The van der Waals surface area contributed by atoms with Gasteiger partial charge >= 0.3 is 0 Å². The molecule has 1 aliphatic rings. The molecule has 0 aliphatic carbocycles. The highest BCUT2D eigenvalue weighted by Gasteiger charge is 2.37. The van der Waals surface area contributed by atoms with Gasteiger partial charge in [-0.15, -0.1) is 0 Å². The summed E-state index contributed by atoms with van der Waals surface area (Å²) in [5.74, 6) is 1.38. The van der Waals surface area contributed by atoms with E-state index in [9.17, 15) is 5.26 Å². The van der Waals surface area contributed by atoms with Crippen LogP contribution >= 0.6 is 0 Å². The summed E-state index contributed by atoms with van der Waals surface area (Å²) in [5, 5.41) is 9.72. The minimum atomic E-state index is -0.735. The van der Waals surface area contributed by atoms with Gasteiger partial charge in [0.1, 0.15) is 17.0 Å².